The van der Waals surface area contributed by atoms with Crippen molar-refractivity contribution in [2.45, 2.75) is 12.8 Å². The largest absolute Gasteiger partial charge is 0.364 e. The van der Waals surface area contributed by atoms with Gasteiger partial charge in [-0.3, -0.25) is 10.1 Å². The van der Waals surface area contributed by atoms with Crippen LogP contribution < -0.4 is 5.32 Å². The van der Waals surface area contributed by atoms with Crippen molar-refractivity contribution >= 4 is 11.5 Å². The first-order valence-electron chi connectivity index (χ1n) is 5.97. The molecule has 2 rings (SSSR count). The third kappa shape index (κ3) is 3.29. The van der Waals surface area contributed by atoms with Crippen LogP contribution in [0.3, 0.4) is 0 Å². The maximum absolute atomic E-state index is 10.9. The molecule has 8 nitrogen and oxygen atoms in total. The number of imidazole rings is 1. The summed E-state index contributed by atoms with van der Waals surface area (Å²) in [6.07, 6.45) is 6.23. The van der Waals surface area contributed by atoms with Crippen LogP contribution in [0.25, 0.3) is 0 Å². The molecule has 0 atom stereocenters. The number of nitrogens with zero attached hydrogens (tertiary/aromatic N) is 4. The number of pyridine rings is 1. The van der Waals surface area contributed by atoms with Crippen LogP contribution in [0.5, 0.6) is 0 Å². The van der Waals surface area contributed by atoms with Gasteiger partial charge in [0.2, 0.25) is 5.82 Å². The Kier molecular flexibility index (Phi) is 4.24. The second-order valence-corrected chi connectivity index (χ2v) is 4.03. The molecule has 2 aromatic heterocycles. The van der Waals surface area contributed by atoms with Crippen molar-refractivity contribution in [3.8, 4) is 6.07 Å². The van der Waals surface area contributed by atoms with Crippen LogP contribution in [0.2, 0.25) is 0 Å². The first-order chi connectivity index (χ1) is 9.70. The lowest BCUT2D eigenvalue weighted by Crippen LogP contribution is -2.07. The van der Waals surface area contributed by atoms with Crippen molar-refractivity contribution in [2.24, 2.45) is 0 Å². The SMILES string of the molecule is N#Cc1cnc(NCCCc2ncc[nH]2)c([N+](=O)[O-])c1. The van der Waals surface area contributed by atoms with Gasteiger partial charge in [-0.2, -0.15) is 5.26 Å². The zero-order valence-electron chi connectivity index (χ0n) is 10.5. The topological polar surface area (TPSA) is 121 Å². The number of aryl methyl sites for hydroxylation is 1. The van der Waals surface area contributed by atoms with Gasteiger partial charge in [0.25, 0.3) is 0 Å². The molecule has 0 bridgehead atoms. The summed E-state index contributed by atoms with van der Waals surface area (Å²) in [6, 6.07) is 3.04. The van der Waals surface area contributed by atoms with E-state index in [1.165, 1.54) is 12.3 Å². The molecule has 0 spiro atoms. The minimum Gasteiger partial charge on any atom is -0.364 e. The maximum Gasteiger partial charge on any atom is 0.312 e. The Morgan fingerprint density at radius 2 is 2.35 bits per heavy atom. The predicted molar refractivity (Wildman–Crippen MR) is 71.0 cm³/mol. The van der Waals surface area contributed by atoms with Gasteiger partial charge < -0.3 is 10.3 Å². The molecule has 2 heterocycles. The predicted octanol–water partition coefficient (Wildman–Crippen LogP) is 1.63. The molecule has 20 heavy (non-hydrogen) atoms. The van der Waals surface area contributed by atoms with E-state index in [-0.39, 0.29) is 17.1 Å². The van der Waals surface area contributed by atoms with Gasteiger partial charge in [-0.1, -0.05) is 0 Å². The molecule has 0 amide bonds. The van der Waals surface area contributed by atoms with Crippen molar-refractivity contribution in [3.05, 3.63) is 46.2 Å². The van der Waals surface area contributed by atoms with Crippen molar-refractivity contribution in [1.82, 2.24) is 15.0 Å². The maximum atomic E-state index is 10.9. The van der Waals surface area contributed by atoms with Gasteiger partial charge in [-0.15, -0.1) is 0 Å². The van der Waals surface area contributed by atoms with Crippen LogP contribution in [0, 0.1) is 21.4 Å². The van der Waals surface area contributed by atoms with Crippen LogP contribution in [0.15, 0.2) is 24.7 Å². The molecule has 0 aliphatic rings. The number of nitro groups is 1. The van der Waals surface area contributed by atoms with Gasteiger partial charge in [0.05, 0.1) is 10.5 Å². The number of hydrogen-bond donors (Lipinski definition) is 2. The molecule has 2 aromatic rings. The third-order valence-electron chi connectivity index (χ3n) is 2.63. The number of anilines is 1. The molecule has 0 aliphatic heterocycles. The lowest BCUT2D eigenvalue weighted by molar-refractivity contribution is -0.384. The highest BCUT2D eigenvalue weighted by Crippen LogP contribution is 2.22. The van der Waals surface area contributed by atoms with Crippen LogP contribution in [0.1, 0.15) is 17.8 Å². The van der Waals surface area contributed by atoms with Crippen LogP contribution in [-0.2, 0) is 6.42 Å². The van der Waals surface area contributed by atoms with E-state index in [2.05, 4.69) is 20.3 Å². The number of hydrogen-bond acceptors (Lipinski definition) is 6. The van der Waals surface area contributed by atoms with E-state index in [9.17, 15) is 10.1 Å². The second kappa shape index (κ2) is 6.29. The molecule has 0 fully saturated rings. The van der Waals surface area contributed by atoms with Gasteiger partial charge >= 0.3 is 5.69 Å². The van der Waals surface area contributed by atoms with Gasteiger partial charge in [0.15, 0.2) is 0 Å². The normalized spacial score (nSPS) is 9.95. The lowest BCUT2D eigenvalue weighted by atomic mass is 10.2. The van der Waals surface area contributed by atoms with E-state index >= 15 is 0 Å². The van der Waals surface area contributed by atoms with Crippen molar-refractivity contribution < 1.29 is 4.92 Å². The number of H-pyrrole nitrogens is 1. The highest BCUT2D eigenvalue weighted by molar-refractivity contribution is 5.58. The number of aromatic nitrogens is 3. The monoisotopic (exact) mass is 272 g/mol. The fourth-order valence-electron chi connectivity index (χ4n) is 1.69. The molecule has 102 valence electrons. The zero-order valence-corrected chi connectivity index (χ0v) is 10.5. The van der Waals surface area contributed by atoms with E-state index in [1.807, 2.05) is 6.07 Å². The molecule has 0 aromatic carbocycles. The molecule has 0 aliphatic carbocycles. The van der Waals surface area contributed by atoms with Crippen molar-refractivity contribution in [3.63, 3.8) is 0 Å². The number of nitriles is 1. The van der Waals surface area contributed by atoms with E-state index in [1.54, 1.807) is 12.4 Å². The van der Waals surface area contributed by atoms with Gasteiger partial charge in [0.1, 0.15) is 11.9 Å². The summed E-state index contributed by atoms with van der Waals surface area (Å²) >= 11 is 0. The molecule has 0 radical (unpaired) electrons. The van der Waals surface area contributed by atoms with Crippen molar-refractivity contribution in [2.75, 3.05) is 11.9 Å². The minimum absolute atomic E-state index is 0.165. The highest BCUT2D eigenvalue weighted by Gasteiger charge is 2.15. The lowest BCUT2D eigenvalue weighted by Gasteiger charge is -2.05. The molecular formula is C12H12N6O2. The Labute approximate surface area is 114 Å². The Morgan fingerprint density at radius 3 is 3.00 bits per heavy atom. The Morgan fingerprint density at radius 1 is 1.50 bits per heavy atom. The summed E-state index contributed by atoms with van der Waals surface area (Å²) in [5.74, 6) is 1.04. The molecule has 0 saturated heterocycles. The van der Waals surface area contributed by atoms with Crippen LogP contribution in [-0.4, -0.2) is 26.4 Å². The first-order valence-corrected chi connectivity index (χ1v) is 5.97. The Hall–Kier alpha value is -2.95. The van der Waals surface area contributed by atoms with E-state index in [0.29, 0.717) is 6.54 Å². The van der Waals surface area contributed by atoms with Gasteiger partial charge in [0, 0.05) is 37.6 Å². The summed E-state index contributed by atoms with van der Waals surface area (Å²) in [5, 5.41) is 22.5. The van der Waals surface area contributed by atoms with E-state index in [4.69, 9.17) is 5.26 Å². The fraction of sp³-hybridized carbons (Fsp3) is 0.250. The van der Waals surface area contributed by atoms with Crippen molar-refractivity contribution in [1.29, 1.82) is 5.26 Å². The van der Waals surface area contributed by atoms with Gasteiger partial charge in [-0.05, 0) is 6.42 Å². The zero-order chi connectivity index (χ0) is 14.4. The second-order valence-electron chi connectivity index (χ2n) is 4.03. The van der Waals surface area contributed by atoms with Crippen LogP contribution >= 0.6 is 0 Å². The summed E-state index contributed by atoms with van der Waals surface area (Å²) in [5.41, 5.74) is -0.0279. The summed E-state index contributed by atoms with van der Waals surface area (Å²) < 4.78 is 0. The molecular weight excluding hydrogens is 260 g/mol. The van der Waals surface area contributed by atoms with E-state index < -0.39 is 4.92 Å². The van der Waals surface area contributed by atoms with Crippen LogP contribution in [0.4, 0.5) is 11.5 Å². The first kappa shape index (κ1) is 13.5. The average Bonchev–Trinajstić information content (AvgIpc) is 2.96. The Balaban J connectivity index is 1.95. The number of rotatable bonds is 6. The quantitative estimate of drug-likeness (QED) is 0.468. The third-order valence-corrected chi connectivity index (χ3v) is 2.63. The molecule has 2 N–H and O–H groups in total. The smallest absolute Gasteiger partial charge is 0.312 e. The highest BCUT2D eigenvalue weighted by atomic mass is 16.6. The number of nitrogens with one attached hydrogen (secondary N) is 2. The minimum atomic E-state index is -0.553. The number of aromatic amines is 1. The molecule has 0 saturated carbocycles. The fourth-order valence-corrected chi connectivity index (χ4v) is 1.69. The molecule has 8 heteroatoms. The summed E-state index contributed by atoms with van der Waals surface area (Å²) in [6.45, 7) is 0.528. The summed E-state index contributed by atoms with van der Waals surface area (Å²) in [7, 11) is 0. The van der Waals surface area contributed by atoms with Gasteiger partial charge in [-0.25, -0.2) is 9.97 Å². The standard InChI is InChI=1S/C12H12N6O2/c13-7-9-6-10(18(19)20)12(17-8-9)16-3-1-2-11-14-4-5-15-11/h4-6,8H,1-3H2,(H,14,15)(H,16,17). The molecule has 0 unspecified atom stereocenters. The Bertz CT molecular complexity index is 632. The average molecular weight is 272 g/mol. The summed E-state index contributed by atoms with van der Waals surface area (Å²) in [4.78, 5) is 21.3. The van der Waals surface area contributed by atoms with E-state index in [0.717, 1.165) is 18.7 Å².